The van der Waals surface area contributed by atoms with Gasteiger partial charge in [-0.25, -0.2) is 9.59 Å². The predicted octanol–water partition coefficient (Wildman–Crippen LogP) is -0.445. The molecule has 3 atom stereocenters. The highest BCUT2D eigenvalue weighted by Crippen LogP contribution is 2.34. The maximum absolute atomic E-state index is 11.1. The molecule has 0 bridgehead atoms. The van der Waals surface area contributed by atoms with E-state index in [9.17, 15) is 14.4 Å². The van der Waals surface area contributed by atoms with Crippen molar-refractivity contribution >= 4 is 17.9 Å². The van der Waals surface area contributed by atoms with Gasteiger partial charge < -0.3 is 19.7 Å². The van der Waals surface area contributed by atoms with Gasteiger partial charge >= 0.3 is 17.9 Å². The Morgan fingerprint density at radius 1 is 1.24 bits per heavy atom. The topological polar surface area (TPSA) is 110 Å². The van der Waals surface area contributed by atoms with Gasteiger partial charge in [0, 0.05) is 0 Å². The lowest BCUT2D eigenvalue weighted by Crippen LogP contribution is -2.42. The summed E-state index contributed by atoms with van der Waals surface area (Å²) in [6.45, 7) is 1.44. The summed E-state index contributed by atoms with van der Waals surface area (Å²) < 4.78 is 10.1. The van der Waals surface area contributed by atoms with Gasteiger partial charge in [-0.2, -0.15) is 0 Å². The molecule has 0 unspecified atom stereocenters. The van der Waals surface area contributed by atoms with Crippen LogP contribution >= 0.6 is 0 Å². The first-order chi connectivity index (χ1) is 7.91. The lowest BCUT2D eigenvalue weighted by molar-refractivity contribution is -0.146. The summed E-state index contributed by atoms with van der Waals surface area (Å²) in [6, 6.07) is 0. The number of ether oxygens (including phenoxy) is 2. The van der Waals surface area contributed by atoms with Crippen LogP contribution in [0.3, 0.4) is 0 Å². The number of fused-ring (bicyclic) bond motifs is 1. The first-order valence-electron chi connectivity index (χ1n) is 4.97. The Morgan fingerprint density at radius 3 is 2.35 bits per heavy atom. The van der Waals surface area contributed by atoms with E-state index in [1.54, 1.807) is 0 Å². The molecule has 92 valence electrons. The van der Waals surface area contributed by atoms with Crippen LogP contribution in [-0.4, -0.2) is 46.4 Å². The molecule has 7 nitrogen and oxygen atoms in total. The molecule has 0 aromatic rings. The van der Waals surface area contributed by atoms with E-state index in [-0.39, 0.29) is 12.0 Å². The van der Waals surface area contributed by atoms with Crippen molar-refractivity contribution in [3.8, 4) is 0 Å². The number of carbonyl (C=O) groups excluding carboxylic acids is 1. The number of rotatable bonds is 2. The molecule has 0 saturated carbocycles. The summed E-state index contributed by atoms with van der Waals surface area (Å²) in [5.41, 5.74) is -0.763. The van der Waals surface area contributed by atoms with Crippen molar-refractivity contribution in [3.05, 3.63) is 11.1 Å². The van der Waals surface area contributed by atoms with Gasteiger partial charge in [0.05, 0.1) is 23.7 Å². The van der Waals surface area contributed by atoms with Crippen molar-refractivity contribution in [2.24, 2.45) is 0 Å². The number of hydrogen-bond acceptors (Lipinski definition) is 5. The molecule has 0 spiro atoms. The summed E-state index contributed by atoms with van der Waals surface area (Å²) in [5.74, 6) is -3.36. The van der Waals surface area contributed by atoms with Crippen molar-refractivity contribution in [2.75, 3.05) is 0 Å². The van der Waals surface area contributed by atoms with Crippen molar-refractivity contribution in [3.63, 3.8) is 0 Å². The second-order valence-corrected chi connectivity index (χ2v) is 3.87. The van der Waals surface area contributed by atoms with E-state index in [4.69, 9.17) is 19.7 Å². The molecule has 0 aromatic carbocycles. The zero-order valence-corrected chi connectivity index (χ0v) is 8.87. The molecule has 7 heteroatoms. The number of carboxylic acid groups (broad SMARTS) is 2. The highest BCUT2D eigenvalue weighted by atomic mass is 16.6. The van der Waals surface area contributed by atoms with Gasteiger partial charge in [-0.05, 0) is 6.92 Å². The monoisotopic (exact) mass is 242 g/mol. The molecule has 2 aliphatic heterocycles. The average Bonchev–Trinajstić information content (AvgIpc) is 2.54. The van der Waals surface area contributed by atoms with Gasteiger partial charge in [-0.15, -0.1) is 0 Å². The largest absolute Gasteiger partial charge is 0.478 e. The Kier molecular flexibility index (Phi) is 2.62. The van der Waals surface area contributed by atoms with Crippen molar-refractivity contribution in [1.29, 1.82) is 0 Å². The van der Waals surface area contributed by atoms with Gasteiger partial charge in [0.2, 0.25) is 0 Å². The van der Waals surface area contributed by atoms with Crippen molar-refractivity contribution < 1.29 is 34.1 Å². The molecule has 0 aliphatic carbocycles. The minimum atomic E-state index is -1.40. The standard InChI is InChI=1S/C10H10O7/c1-3-6(9(12)13)7(10(14)15)8-4(16-3)2-5(11)17-8/h3-4,8H,2H2,1H3,(H,12,13)(H,14,15)/t3-,4-,8+/m0/s1. The number of aliphatic carboxylic acids is 2. The van der Waals surface area contributed by atoms with Crippen LogP contribution < -0.4 is 0 Å². The SMILES string of the molecule is C[C@@H]1O[C@H]2CC(=O)O[C@H]2C(C(=O)O)=C1C(=O)O. The Labute approximate surface area is 95.6 Å². The molecule has 17 heavy (non-hydrogen) atoms. The second kappa shape index (κ2) is 3.85. The molecular formula is C10H10O7. The van der Waals surface area contributed by atoms with Gasteiger partial charge in [0.25, 0.3) is 0 Å². The van der Waals surface area contributed by atoms with E-state index in [1.807, 2.05) is 0 Å². The number of hydrogen-bond donors (Lipinski definition) is 2. The van der Waals surface area contributed by atoms with Crippen LogP contribution in [0.1, 0.15) is 13.3 Å². The molecule has 2 aliphatic rings. The second-order valence-electron chi connectivity index (χ2n) is 3.87. The van der Waals surface area contributed by atoms with Crippen LogP contribution in [0.5, 0.6) is 0 Å². The number of carboxylic acids is 2. The summed E-state index contributed by atoms with van der Waals surface area (Å²) in [4.78, 5) is 33.2. The molecule has 1 fully saturated rings. The van der Waals surface area contributed by atoms with Gasteiger partial charge in [-0.3, -0.25) is 4.79 Å². The zero-order valence-electron chi connectivity index (χ0n) is 8.87. The van der Waals surface area contributed by atoms with Crippen LogP contribution in [0, 0.1) is 0 Å². The lowest BCUT2D eigenvalue weighted by Gasteiger charge is -2.30. The Balaban J connectivity index is 2.52. The summed E-state index contributed by atoms with van der Waals surface area (Å²) in [7, 11) is 0. The third-order valence-corrected chi connectivity index (χ3v) is 2.78. The van der Waals surface area contributed by atoms with Crippen LogP contribution in [0.15, 0.2) is 11.1 Å². The van der Waals surface area contributed by atoms with Crippen molar-refractivity contribution in [2.45, 2.75) is 31.7 Å². The molecule has 2 heterocycles. The Hall–Kier alpha value is -1.89. The fraction of sp³-hybridized carbons (Fsp3) is 0.500. The Morgan fingerprint density at radius 2 is 1.82 bits per heavy atom. The molecule has 1 saturated heterocycles. The van der Waals surface area contributed by atoms with Crippen LogP contribution in [0.4, 0.5) is 0 Å². The predicted molar refractivity (Wildman–Crippen MR) is 51.1 cm³/mol. The third kappa shape index (κ3) is 1.78. The quantitative estimate of drug-likeness (QED) is 0.631. The fourth-order valence-corrected chi connectivity index (χ4v) is 2.13. The molecule has 0 aromatic heterocycles. The summed E-state index contributed by atoms with van der Waals surface area (Å²) in [6.07, 6.45) is -2.78. The van der Waals surface area contributed by atoms with Gasteiger partial charge in [-0.1, -0.05) is 0 Å². The van der Waals surface area contributed by atoms with E-state index in [1.165, 1.54) is 6.92 Å². The molecule has 0 amide bonds. The molecular weight excluding hydrogens is 232 g/mol. The maximum atomic E-state index is 11.1. The Bertz CT molecular complexity index is 436. The van der Waals surface area contributed by atoms with E-state index < -0.39 is 41.8 Å². The van der Waals surface area contributed by atoms with E-state index >= 15 is 0 Å². The average molecular weight is 242 g/mol. The first-order valence-corrected chi connectivity index (χ1v) is 4.97. The minimum Gasteiger partial charge on any atom is -0.478 e. The smallest absolute Gasteiger partial charge is 0.336 e. The highest BCUT2D eigenvalue weighted by Gasteiger charge is 2.48. The molecule has 0 radical (unpaired) electrons. The highest BCUT2D eigenvalue weighted by molar-refractivity contribution is 6.01. The van der Waals surface area contributed by atoms with Crippen LogP contribution in [-0.2, 0) is 23.9 Å². The maximum Gasteiger partial charge on any atom is 0.336 e. The van der Waals surface area contributed by atoms with Gasteiger partial charge in [0.1, 0.15) is 6.10 Å². The normalized spacial score (nSPS) is 32.1. The van der Waals surface area contributed by atoms with Gasteiger partial charge in [0.15, 0.2) is 6.10 Å². The third-order valence-electron chi connectivity index (χ3n) is 2.78. The zero-order chi connectivity index (χ0) is 12.7. The number of esters is 1. The van der Waals surface area contributed by atoms with E-state index in [0.29, 0.717) is 0 Å². The van der Waals surface area contributed by atoms with E-state index in [0.717, 1.165) is 0 Å². The van der Waals surface area contributed by atoms with E-state index in [2.05, 4.69) is 0 Å². The summed E-state index contributed by atoms with van der Waals surface area (Å²) >= 11 is 0. The molecule has 2 N–H and O–H groups in total. The fourth-order valence-electron chi connectivity index (χ4n) is 2.13. The van der Waals surface area contributed by atoms with Crippen molar-refractivity contribution in [1.82, 2.24) is 0 Å². The summed E-state index contributed by atoms with van der Waals surface area (Å²) in [5, 5.41) is 18.0. The number of carbonyl (C=O) groups is 3. The van der Waals surface area contributed by atoms with Crippen LogP contribution in [0.25, 0.3) is 0 Å². The molecule has 2 rings (SSSR count). The minimum absolute atomic E-state index is 0.0569. The van der Waals surface area contributed by atoms with Crippen LogP contribution in [0.2, 0.25) is 0 Å². The first kappa shape index (κ1) is 11.6. The lowest BCUT2D eigenvalue weighted by atomic mass is 9.92.